The van der Waals surface area contributed by atoms with Crippen molar-refractivity contribution in [1.82, 2.24) is 9.55 Å². The molecule has 0 amide bonds. The van der Waals surface area contributed by atoms with E-state index in [-0.39, 0.29) is 5.56 Å². The summed E-state index contributed by atoms with van der Waals surface area (Å²) in [6.45, 7) is 3.98. The van der Waals surface area contributed by atoms with E-state index in [1.807, 2.05) is 56.3 Å². The Balaban J connectivity index is 1.90. The predicted octanol–water partition coefficient (Wildman–Crippen LogP) is 6.61. The highest BCUT2D eigenvalue weighted by molar-refractivity contribution is 7.98. The average molecular weight is 471 g/mol. The lowest BCUT2D eigenvalue weighted by molar-refractivity contribution is 0.414. The van der Waals surface area contributed by atoms with Gasteiger partial charge in [-0.1, -0.05) is 41.4 Å². The first kappa shape index (κ1) is 21.8. The Kier molecular flexibility index (Phi) is 6.28. The van der Waals surface area contributed by atoms with Crippen LogP contribution in [0.5, 0.6) is 5.75 Å². The number of thioether (sulfide) groups is 1. The van der Waals surface area contributed by atoms with E-state index in [9.17, 15) is 4.79 Å². The summed E-state index contributed by atoms with van der Waals surface area (Å²) in [6, 6.07) is 17.0. The molecule has 7 heteroatoms. The van der Waals surface area contributed by atoms with Crippen molar-refractivity contribution < 1.29 is 4.74 Å². The number of halogens is 2. The summed E-state index contributed by atoms with van der Waals surface area (Å²) in [5, 5.41) is 1.17. The molecule has 0 fully saturated rings. The highest BCUT2D eigenvalue weighted by atomic mass is 35.5. The van der Waals surface area contributed by atoms with Crippen molar-refractivity contribution in [3.05, 3.63) is 91.9 Å². The van der Waals surface area contributed by atoms with E-state index in [0.29, 0.717) is 32.5 Å². The van der Waals surface area contributed by atoms with Crippen LogP contribution in [0.25, 0.3) is 16.6 Å². The van der Waals surface area contributed by atoms with Crippen LogP contribution in [-0.4, -0.2) is 16.7 Å². The zero-order valence-corrected chi connectivity index (χ0v) is 19.6. The largest absolute Gasteiger partial charge is 0.497 e. The van der Waals surface area contributed by atoms with Crippen molar-refractivity contribution in [2.45, 2.75) is 24.5 Å². The van der Waals surface area contributed by atoms with E-state index in [1.165, 1.54) is 0 Å². The van der Waals surface area contributed by atoms with Gasteiger partial charge in [-0.15, -0.1) is 11.8 Å². The summed E-state index contributed by atoms with van der Waals surface area (Å²) in [6.07, 6.45) is 0. The summed E-state index contributed by atoms with van der Waals surface area (Å²) in [4.78, 5) is 19.5. The smallest absolute Gasteiger partial charge is 0.266 e. The zero-order chi connectivity index (χ0) is 22.1. The van der Waals surface area contributed by atoms with E-state index in [1.54, 1.807) is 35.6 Å². The number of para-hydroxylation sites is 1. The number of aromatic nitrogens is 2. The van der Waals surface area contributed by atoms with Gasteiger partial charge in [0.1, 0.15) is 11.6 Å². The Morgan fingerprint density at radius 3 is 2.35 bits per heavy atom. The summed E-state index contributed by atoms with van der Waals surface area (Å²) in [7, 11) is 1.64. The number of methoxy groups -OCH3 is 1. The number of hydrogen-bond donors (Lipinski definition) is 0. The van der Waals surface area contributed by atoms with Crippen LogP contribution in [0.15, 0.2) is 64.3 Å². The lowest BCUT2D eigenvalue weighted by atomic mass is 10.1. The monoisotopic (exact) mass is 470 g/mol. The molecule has 0 saturated carbocycles. The average Bonchev–Trinajstić information content (AvgIpc) is 2.74. The maximum atomic E-state index is 13.6. The SMILES string of the molecule is COc1ccc(SCc2nc3c(Cl)cc(Cl)cc3c(=O)n2-c2c(C)cccc2C)cc1. The summed E-state index contributed by atoms with van der Waals surface area (Å²) in [5.41, 5.74) is 3.10. The minimum Gasteiger partial charge on any atom is -0.497 e. The topological polar surface area (TPSA) is 44.1 Å². The van der Waals surface area contributed by atoms with Gasteiger partial charge >= 0.3 is 0 Å². The molecule has 0 spiro atoms. The third-order valence-corrected chi connectivity index (χ3v) is 6.57. The number of benzene rings is 3. The van der Waals surface area contributed by atoms with E-state index >= 15 is 0 Å². The van der Waals surface area contributed by atoms with Crippen LogP contribution in [0.3, 0.4) is 0 Å². The molecule has 4 nitrogen and oxygen atoms in total. The lowest BCUT2D eigenvalue weighted by Gasteiger charge is -2.18. The van der Waals surface area contributed by atoms with Crippen molar-refractivity contribution >= 4 is 45.9 Å². The van der Waals surface area contributed by atoms with Crippen LogP contribution in [0.2, 0.25) is 10.0 Å². The van der Waals surface area contributed by atoms with Crippen LogP contribution < -0.4 is 10.3 Å². The molecule has 1 aromatic heterocycles. The normalized spacial score (nSPS) is 11.1. The second kappa shape index (κ2) is 8.95. The lowest BCUT2D eigenvalue weighted by Crippen LogP contribution is -2.25. The first-order chi connectivity index (χ1) is 14.9. The van der Waals surface area contributed by atoms with Crippen LogP contribution in [0, 0.1) is 13.8 Å². The molecule has 0 atom stereocenters. The quantitative estimate of drug-likeness (QED) is 0.307. The minimum atomic E-state index is -0.183. The maximum Gasteiger partial charge on any atom is 0.266 e. The van der Waals surface area contributed by atoms with Gasteiger partial charge in [-0.05, 0) is 61.4 Å². The van der Waals surface area contributed by atoms with E-state index in [0.717, 1.165) is 27.5 Å². The van der Waals surface area contributed by atoms with Crippen LogP contribution in [0.1, 0.15) is 17.0 Å². The molecular weight excluding hydrogens is 451 g/mol. The molecule has 4 aromatic rings. The van der Waals surface area contributed by atoms with Gasteiger partial charge in [0.2, 0.25) is 0 Å². The number of fused-ring (bicyclic) bond motifs is 1. The Hall–Kier alpha value is -2.47. The third-order valence-electron chi connectivity index (χ3n) is 5.05. The Morgan fingerprint density at radius 2 is 1.71 bits per heavy atom. The zero-order valence-electron chi connectivity index (χ0n) is 17.3. The minimum absolute atomic E-state index is 0.183. The highest BCUT2D eigenvalue weighted by Gasteiger charge is 2.18. The third kappa shape index (κ3) is 4.31. The predicted molar refractivity (Wildman–Crippen MR) is 129 cm³/mol. The maximum absolute atomic E-state index is 13.6. The fourth-order valence-electron chi connectivity index (χ4n) is 3.56. The first-order valence-electron chi connectivity index (χ1n) is 9.63. The number of ether oxygens (including phenoxy) is 1. The molecule has 0 aliphatic rings. The molecule has 0 bridgehead atoms. The molecule has 158 valence electrons. The molecule has 4 rings (SSSR count). The molecule has 0 N–H and O–H groups in total. The van der Waals surface area contributed by atoms with Gasteiger partial charge < -0.3 is 4.74 Å². The van der Waals surface area contributed by atoms with Crippen LogP contribution in [-0.2, 0) is 5.75 Å². The van der Waals surface area contributed by atoms with Gasteiger partial charge in [0.05, 0.1) is 34.5 Å². The van der Waals surface area contributed by atoms with E-state index in [2.05, 4.69) is 0 Å². The number of nitrogens with zero attached hydrogens (tertiary/aromatic N) is 2. The van der Waals surface area contributed by atoms with Crippen molar-refractivity contribution in [3.8, 4) is 11.4 Å². The molecule has 0 aliphatic carbocycles. The van der Waals surface area contributed by atoms with Crippen molar-refractivity contribution in [2.24, 2.45) is 0 Å². The van der Waals surface area contributed by atoms with Gasteiger partial charge in [-0.3, -0.25) is 9.36 Å². The van der Waals surface area contributed by atoms with Crippen LogP contribution in [0.4, 0.5) is 0 Å². The Morgan fingerprint density at radius 1 is 1.03 bits per heavy atom. The Labute approximate surface area is 194 Å². The molecule has 0 aliphatic heterocycles. The first-order valence-corrected chi connectivity index (χ1v) is 11.4. The van der Waals surface area contributed by atoms with Gasteiger partial charge in [0, 0.05) is 9.92 Å². The van der Waals surface area contributed by atoms with Gasteiger partial charge in [0.15, 0.2) is 0 Å². The van der Waals surface area contributed by atoms with E-state index < -0.39 is 0 Å². The molecular formula is C24H20Cl2N2O2S. The molecule has 3 aromatic carbocycles. The second-order valence-corrected chi connectivity index (χ2v) is 9.05. The number of aryl methyl sites for hydroxylation is 2. The fraction of sp³-hybridized carbons (Fsp3) is 0.167. The molecule has 0 saturated heterocycles. The standard InChI is InChI=1S/C24H20Cl2N2O2S/c1-14-5-4-6-15(2)23(14)28-21(13-31-18-9-7-17(30-3)8-10-18)27-22-19(24(28)29)11-16(25)12-20(22)26/h4-12H,13H2,1-3H3. The number of hydrogen-bond acceptors (Lipinski definition) is 4. The van der Waals surface area contributed by atoms with Crippen LogP contribution >= 0.6 is 35.0 Å². The van der Waals surface area contributed by atoms with Gasteiger partial charge in [0.25, 0.3) is 5.56 Å². The van der Waals surface area contributed by atoms with Gasteiger partial charge in [-0.2, -0.15) is 0 Å². The van der Waals surface area contributed by atoms with Gasteiger partial charge in [-0.25, -0.2) is 4.98 Å². The molecule has 0 radical (unpaired) electrons. The van der Waals surface area contributed by atoms with Crippen molar-refractivity contribution in [2.75, 3.05) is 7.11 Å². The van der Waals surface area contributed by atoms with Crippen molar-refractivity contribution in [1.29, 1.82) is 0 Å². The highest BCUT2D eigenvalue weighted by Crippen LogP contribution is 2.30. The fourth-order valence-corrected chi connectivity index (χ4v) is 4.92. The molecule has 0 unspecified atom stereocenters. The summed E-state index contributed by atoms with van der Waals surface area (Å²) >= 11 is 14.2. The summed E-state index contributed by atoms with van der Waals surface area (Å²) < 4.78 is 6.92. The van der Waals surface area contributed by atoms with Crippen molar-refractivity contribution in [3.63, 3.8) is 0 Å². The second-order valence-electron chi connectivity index (χ2n) is 7.16. The Bertz CT molecular complexity index is 1310. The number of rotatable bonds is 5. The summed E-state index contributed by atoms with van der Waals surface area (Å²) in [5.74, 6) is 1.91. The molecule has 1 heterocycles. The molecule has 31 heavy (non-hydrogen) atoms. The van der Waals surface area contributed by atoms with E-state index in [4.69, 9.17) is 32.9 Å².